The Morgan fingerprint density at radius 1 is 1.44 bits per heavy atom. The molecule has 6 nitrogen and oxygen atoms in total. The molecule has 7 heteroatoms. The van der Waals surface area contributed by atoms with Crippen LogP contribution in [-0.2, 0) is 9.53 Å². The van der Waals surface area contributed by atoms with Crippen LogP contribution in [0.2, 0.25) is 0 Å². The monoisotopic (exact) mass is 384 g/mol. The minimum atomic E-state index is 0.347. The summed E-state index contributed by atoms with van der Waals surface area (Å²) in [6.07, 6.45) is 18.2. The Hall–Kier alpha value is -2.38. The van der Waals surface area contributed by atoms with E-state index in [0.29, 0.717) is 30.1 Å². The first-order valence-electron chi connectivity index (χ1n) is 9.20. The molecule has 0 bridgehead atoms. The number of aromatic nitrogens is 1. The summed E-state index contributed by atoms with van der Waals surface area (Å²) in [7, 11) is 0. The Labute approximate surface area is 163 Å². The first kappa shape index (κ1) is 19.4. The van der Waals surface area contributed by atoms with Crippen molar-refractivity contribution in [1.29, 1.82) is 0 Å². The number of amides is 1. The van der Waals surface area contributed by atoms with Crippen LogP contribution >= 0.6 is 11.3 Å². The normalized spacial score (nSPS) is 18.1. The SMILES string of the molecule is CC=NC(COC1CCCC1)=N/C=C/C1=Cc2sc(NC=O)nc2C=CC1. The van der Waals surface area contributed by atoms with E-state index in [4.69, 9.17) is 4.74 Å². The van der Waals surface area contributed by atoms with E-state index in [9.17, 15) is 4.79 Å². The molecule has 2 aliphatic carbocycles. The van der Waals surface area contributed by atoms with E-state index in [-0.39, 0.29) is 0 Å². The molecule has 1 saturated carbocycles. The lowest BCUT2D eigenvalue weighted by Crippen LogP contribution is -2.14. The zero-order valence-electron chi connectivity index (χ0n) is 15.4. The maximum Gasteiger partial charge on any atom is 0.213 e. The second-order valence-electron chi connectivity index (χ2n) is 6.32. The molecule has 2 aliphatic rings. The van der Waals surface area contributed by atoms with Crippen molar-refractivity contribution in [2.75, 3.05) is 11.9 Å². The highest BCUT2D eigenvalue weighted by Gasteiger charge is 2.15. The minimum Gasteiger partial charge on any atom is -0.370 e. The van der Waals surface area contributed by atoms with Crippen LogP contribution in [0.5, 0.6) is 0 Å². The minimum absolute atomic E-state index is 0.347. The number of nitrogens with zero attached hydrogens (tertiary/aromatic N) is 3. The first-order valence-corrected chi connectivity index (χ1v) is 10.0. The van der Waals surface area contributed by atoms with Gasteiger partial charge in [0.05, 0.1) is 16.7 Å². The van der Waals surface area contributed by atoms with Crippen molar-refractivity contribution < 1.29 is 9.53 Å². The van der Waals surface area contributed by atoms with E-state index in [0.717, 1.165) is 35.4 Å². The molecule has 0 atom stereocenters. The highest BCUT2D eigenvalue weighted by atomic mass is 32.1. The predicted octanol–water partition coefficient (Wildman–Crippen LogP) is 4.47. The highest BCUT2D eigenvalue weighted by Crippen LogP contribution is 2.29. The Morgan fingerprint density at radius 3 is 3.07 bits per heavy atom. The van der Waals surface area contributed by atoms with E-state index in [2.05, 4.69) is 32.4 Å². The highest BCUT2D eigenvalue weighted by molar-refractivity contribution is 7.16. The number of anilines is 1. The van der Waals surface area contributed by atoms with Crippen molar-refractivity contribution in [3.8, 4) is 0 Å². The Morgan fingerprint density at radius 2 is 2.30 bits per heavy atom. The fraction of sp³-hybridized carbons (Fsp3) is 0.400. The van der Waals surface area contributed by atoms with Gasteiger partial charge in [0, 0.05) is 12.4 Å². The fourth-order valence-corrected chi connectivity index (χ4v) is 3.94. The number of carbonyl (C=O) groups excluding carboxylic acids is 1. The maximum absolute atomic E-state index is 10.6. The summed E-state index contributed by atoms with van der Waals surface area (Å²) >= 11 is 1.45. The number of carbonyl (C=O) groups is 1. The van der Waals surface area contributed by atoms with Gasteiger partial charge in [0.1, 0.15) is 6.61 Å². The summed E-state index contributed by atoms with van der Waals surface area (Å²) in [6.45, 7) is 2.32. The summed E-state index contributed by atoms with van der Waals surface area (Å²) in [5, 5.41) is 3.20. The second kappa shape index (κ2) is 10.1. The van der Waals surface area contributed by atoms with Crippen molar-refractivity contribution in [2.45, 2.75) is 45.1 Å². The van der Waals surface area contributed by atoms with Gasteiger partial charge in [-0.2, -0.15) is 0 Å². The third kappa shape index (κ3) is 5.80. The van der Waals surface area contributed by atoms with Gasteiger partial charge >= 0.3 is 0 Å². The van der Waals surface area contributed by atoms with Crippen LogP contribution in [0.25, 0.3) is 12.2 Å². The van der Waals surface area contributed by atoms with E-state index in [1.807, 2.05) is 19.1 Å². The van der Waals surface area contributed by atoms with Crippen LogP contribution in [0.1, 0.15) is 49.6 Å². The van der Waals surface area contributed by atoms with Gasteiger partial charge in [-0.05, 0) is 50.0 Å². The molecule has 142 valence electrons. The van der Waals surface area contributed by atoms with Gasteiger partial charge in [-0.25, -0.2) is 15.0 Å². The molecule has 1 fully saturated rings. The average molecular weight is 385 g/mol. The third-order valence-corrected chi connectivity index (χ3v) is 5.30. The van der Waals surface area contributed by atoms with Gasteiger partial charge in [-0.1, -0.05) is 30.3 Å². The number of fused-ring (bicyclic) bond motifs is 1. The predicted molar refractivity (Wildman–Crippen MR) is 112 cm³/mol. The molecule has 0 saturated heterocycles. The van der Waals surface area contributed by atoms with Gasteiger partial charge < -0.3 is 10.1 Å². The molecule has 1 aromatic heterocycles. The van der Waals surface area contributed by atoms with Crippen molar-refractivity contribution in [3.05, 3.63) is 34.5 Å². The van der Waals surface area contributed by atoms with Gasteiger partial charge in [-0.15, -0.1) is 0 Å². The molecule has 0 unspecified atom stereocenters. The molecule has 1 heterocycles. The Balaban J connectivity index is 1.66. The topological polar surface area (TPSA) is 75.9 Å². The molecule has 27 heavy (non-hydrogen) atoms. The van der Waals surface area contributed by atoms with Gasteiger partial charge in [0.15, 0.2) is 11.0 Å². The van der Waals surface area contributed by atoms with Crippen LogP contribution in [0.15, 0.2) is 33.9 Å². The Bertz CT molecular complexity index is 799. The number of nitrogens with one attached hydrogen (secondary N) is 1. The number of amidine groups is 1. The summed E-state index contributed by atoms with van der Waals surface area (Å²) in [5.74, 6) is 0.682. The van der Waals surface area contributed by atoms with Crippen LogP contribution < -0.4 is 5.32 Å². The quantitative estimate of drug-likeness (QED) is 0.428. The van der Waals surface area contributed by atoms with Crippen LogP contribution in [0, 0.1) is 0 Å². The number of hydrogen-bond donors (Lipinski definition) is 1. The van der Waals surface area contributed by atoms with Gasteiger partial charge in [-0.3, -0.25) is 4.79 Å². The second-order valence-corrected chi connectivity index (χ2v) is 7.35. The molecule has 0 aromatic carbocycles. The molecule has 0 spiro atoms. The number of ether oxygens (including phenoxy) is 1. The third-order valence-electron chi connectivity index (χ3n) is 4.35. The molecule has 1 amide bonds. The van der Waals surface area contributed by atoms with Crippen molar-refractivity contribution in [1.82, 2.24) is 4.98 Å². The van der Waals surface area contributed by atoms with Gasteiger partial charge in [0.25, 0.3) is 0 Å². The summed E-state index contributed by atoms with van der Waals surface area (Å²) < 4.78 is 5.91. The van der Waals surface area contributed by atoms with E-state index in [1.54, 1.807) is 12.4 Å². The molecule has 3 rings (SSSR count). The zero-order valence-corrected chi connectivity index (χ0v) is 16.2. The van der Waals surface area contributed by atoms with E-state index < -0.39 is 0 Å². The van der Waals surface area contributed by atoms with Crippen LogP contribution in [0.3, 0.4) is 0 Å². The molecule has 0 aliphatic heterocycles. The van der Waals surface area contributed by atoms with Gasteiger partial charge in [0.2, 0.25) is 6.41 Å². The zero-order chi connectivity index (χ0) is 18.9. The number of aliphatic imine (C=N–C) groups is 2. The van der Waals surface area contributed by atoms with E-state index in [1.165, 1.54) is 24.2 Å². The van der Waals surface area contributed by atoms with Crippen molar-refractivity contribution >= 4 is 47.1 Å². The molecule has 0 radical (unpaired) electrons. The lowest BCUT2D eigenvalue weighted by molar-refractivity contribution is -0.105. The number of rotatable bonds is 7. The summed E-state index contributed by atoms with van der Waals surface area (Å²) in [5.41, 5.74) is 1.99. The van der Waals surface area contributed by atoms with E-state index >= 15 is 0 Å². The standard InChI is InChI=1S/C20H24N4O2S/c1-2-21-19(13-26-16-7-3-4-8-16)22-11-10-15-6-5-9-17-18(12-15)27-20(24-17)23-14-25/h2,5,9-12,14,16H,3-4,6-8,13H2,1H3,(H,23,24,25)/b11-10+,21-2?,22-19?. The smallest absolute Gasteiger partial charge is 0.213 e. The number of thiazole rings is 1. The fourth-order valence-electron chi connectivity index (χ4n) is 3.05. The lowest BCUT2D eigenvalue weighted by Gasteiger charge is -2.09. The maximum atomic E-state index is 10.6. The Kier molecular flexibility index (Phi) is 7.24. The number of hydrogen-bond acceptors (Lipinski definition) is 5. The van der Waals surface area contributed by atoms with Crippen molar-refractivity contribution in [3.63, 3.8) is 0 Å². The summed E-state index contributed by atoms with van der Waals surface area (Å²) in [6, 6.07) is 0. The first-order chi connectivity index (χ1) is 13.3. The largest absolute Gasteiger partial charge is 0.370 e. The molecule has 1 N–H and O–H groups in total. The number of allylic oxidation sites excluding steroid dienone is 3. The average Bonchev–Trinajstić information content (AvgIpc) is 3.26. The molecular weight excluding hydrogens is 360 g/mol. The lowest BCUT2D eigenvalue weighted by atomic mass is 10.2. The molecule has 1 aromatic rings. The van der Waals surface area contributed by atoms with Crippen molar-refractivity contribution in [2.24, 2.45) is 9.98 Å². The summed E-state index contributed by atoms with van der Waals surface area (Å²) in [4.78, 5) is 24.8. The van der Waals surface area contributed by atoms with Crippen LogP contribution in [-0.4, -0.2) is 36.2 Å². The molecular formula is C20H24N4O2S. The van der Waals surface area contributed by atoms with Crippen LogP contribution in [0.4, 0.5) is 5.13 Å².